The Morgan fingerprint density at radius 2 is 1.23 bits per heavy atom. The van der Waals surface area contributed by atoms with Gasteiger partial charge in [0, 0.05) is 16.1 Å². The van der Waals surface area contributed by atoms with Crippen molar-refractivity contribution in [2.75, 3.05) is 0 Å². The molecule has 108 valence electrons. The molecule has 0 saturated carbocycles. The van der Waals surface area contributed by atoms with Gasteiger partial charge < -0.3 is 0 Å². The van der Waals surface area contributed by atoms with Crippen molar-refractivity contribution in [1.29, 1.82) is 0 Å². The van der Waals surface area contributed by atoms with Crippen LogP contribution in [0.1, 0.15) is 34.3 Å². The van der Waals surface area contributed by atoms with Crippen molar-refractivity contribution in [3.63, 3.8) is 0 Å². The Hall–Kier alpha value is -1.99. The van der Waals surface area contributed by atoms with E-state index in [1.54, 1.807) is 0 Å². The van der Waals surface area contributed by atoms with E-state index in [9.17, 15) is 0 Å². The quantitative estimate of drug-likeness (QED) is 0.555. The highest BCUT2D eigenvalue weighted by atomic mass is 32.2. The van der Waals surface area contributed by atoms with Crippen molar-refractivity contribution < 1.29 is 0 Å². The number of rotatable bonds is 2. The van der Waals surface area contributed by atoms with Crippen molar-refractivity contribution in [1.82, 2.24) is 0 Å². The highest BCUT2D eigenvalue weighted by molar-refractivity contribution is 7.99. The highest BCUT2D eigenvalue weighted by Gasteiger charge is 2.29. The van der Waals surface area contributed by atoms with Crippen LogP contribution >= 0.6 is 11.8 Å². The summed E-state index contributed by atoms with van der Waals surface area (Å²) < 4.78 is 0. The van der Waals surface area contributed by atoms with E-state index in [-0.39, 0.29) is 0 Å². The van der Waals surface area contributed by atoms with Crippen LogP contribution in [-0.4, -0.2) is 0 Å². The van der Waals surface area contributed by atoms with E-state index < -0.39 is 0 Å². The molecule has 0 radical (unpaired) electrons. The molecule has 2 unspecified atom stereocenters. The second-order valence-electron chi connectivity index (χ2n) is 5.75. The molecule has 1 aliphatic rings. The molecule has 0 aliphatic carbocycles. The molecule has 0 aromatic heterocycles. The molecule has 2 atom stereocenters. The maximum absolute atomic E-state index is 2.29. The van der Waals surface area contributed by atoms with Crippen molar-refractivity contribution >= 4 is 11.8 Å². The number of hydrogen-bond acceptors (Lipinski definition) is 1. The Kier molecular flexibility index (Phi) is 3.74. The van der Waals surface area contributed by atoms with Gasteiger partial charge in [0.25, 0.3) is 0 Å². The van der Waals surface area contributed by atoms with Crippen LogP contribution in [0.5, 0.6) is 0 Å². The standard InChI is InChI=1S/C21H18S/c1-3-9-16(10-4-1)19-15-21(17-11-5-2-6-12-17)22-20-14-8-7-13-18(19)20/h1-14,19,21H,15H2. The predicted molar refractivity (Wildman–Crippen MR) is 94.4 cm³/mol. The van der Waals surface area contributed by atoms with Crippen LogP contribution in [0.25, 0.3) is 0 Å². The third-order valence-electron chi connectivity index (χ3n) is 4.39. The summed E-state index contributed by atoms with van der Waals surface area (Å²) in [6, 6.07) is 30.7. The van der Waals surface area contributed by atoms with Gasteiger partial charge in [-0.25, -0.2) is 0 Å². The minimum Gasteiger partial charge on any atom is -0.118 e. The largest absolute Gasteiger partial charge is 0.118 e. The summed E-state index contributed by atoms with van der Waals surface area (Å²) in [7, 11) is 0. The summed E-state index contributed by atoms with van der Waals surface area (Å²) >= 11 is 2.01. The molecule has 0 bridgehead atoms. The average molecular weight is 302 g/mol. The van der Waals surface area contributed by atoms with Gasteiger partial charge in [-0.15, -0.1) is 11.8 Å². The van der Waals surface area contributed by atoms with Crippen molar-refractivity contribution in [2.45, 2.75) is 22.5 Å². The van der Waals surface area contributed by atoms with E-state index in [1.807, 2.05) is 11.8 Å². The monoisotopic (exact) mass is 302 g/mol. The molecule has 0 saturated heterocycles. The lowest BCUT2D eigenvalue weighted by Crippen LogP contribution is -2.12. The first-order valence-electron chi connectivity index (χ1n) is 7.77. The Labute approximate surface area is 136 Å². The van der Waals surface area contributed by atoms with Gasteiger partial charge in [0.2, 0.25) is 0 Å². The topological polar surface area (TPSA) is 0 Å². The van der Waals surface area contributed by atoms with Gasteiger partial charge in [0.05, 0.1) is 0 Å². The molecule has 22 heavy (non-hydrogen) atoms. The van der Waals surface area contributed by atoms with Crippen LogP contribution in [0.4, 0.5) is 0 Å². The fourth-order valence-electron chi connectivity index (χ4n) is 3.29. The van der Waals surface area contributed by atoms with E-state index in [0.717, 1.165) is 6.42 Å². The van der Waals surface area contributed by atoms with Crippen LogP contribution < -0.4 is 0 Å². The smallest absolute Gasteiger partial charge is 0.0353 e. The molecule has 1 heterocycles. The lowest BCUT2D eigenvalue weighted by molar-refractivity contribution is 0.677. The fourth-order valence-corrected chi connectivity index (χ4v) is 4.68. The Morgan fingerprint density at radius 1 is 0.636 bits per heavy atom. The minimum atomic E-state index is 0.490. The first-order chi connectivity index (χ1) is 10.9. The van der Waals surface area contributed by atoms with E-state index in [2.05, 4.69) is 84.9 Å². The van der Waals surface area contributed by atoms with Gasteiger partial charge in [-0.05, 0) is 29.2 Å². The first-order valence-corrected chi connectivity index (χ1v) is 8.65. The highest BCUT2D eigenvalue weighted by Crippen LogP contribution is 2.51. The summed E-state index contributed by atoms with van der Waals surface area (Å²) in [6.45, 7) is 0. The van der Waals surface area contributed by atoms with E-state index in [1.165, 1.54) is 21.6 Å². The maximum atomic E-state index is 2.29. The minimum absolute atomic E-state index is 0.490. The molecule has 0 amide bonds. The SMILES string of the molecule is c1ccc(C2CC(c3ccccc3)c3ccccc3S2)cc1. The Bertz CT molecular complexity index is 749. The number of fused-ring (bicyclic) bond motifs is 1. The van der Waals surface area contributed by atoms with E-state index in [4.69, 9.17) is 0 Å². The van der Waals surface area contributed by atoms with Gasteiger partial charge in [-0.3, -0.25) is 0 Å². The average Bonchev–Trinajstić information content (AvgIpc) is 2.62. The molecular formula is C21H18S. The molecule has 1 heteroatoms. The van der Waals surface area contributed by atoms with Gasteiger partial charge in [-0.1, -0.05) is 78.9 Å². The third kappa shape index (κ3) is 2.57. The van der Waals surface area contributed by atoms with Gasteiger partial charge in [0.15, 0.2) is 0 Å². The maximum Gasteiger partial charge on any atom is 0.0353 e. The molecule has 3 aromatic carbocycles. The van der Waals surface area contributed by atoms with Gasteiger partial charge in [0.1, 0.15) is 0 Å². The molecular weight excluding hydrogens is 284 g/mol. The molecule has 3 aromatic rings. The summed E-state index contributed by atoms with van der Waals surface area (Å²) in [4.78, 5) is 1.43. The fraction of sp³-hybridized carbons (Fsp3) is 0.143. The summed E-state index contributed by atoms with van der Waals surface area (Å²) in [5.74, 6) is 0.490. The third-order valence-corrected chi connectivity index (χ3v) is 5.76. The molecule has 0 fully saturated rings. The second-order valence-corrected chi connectivity index (χ2v) is 7.00. The van der Waals surface area contributed by atoms with Crippen molar-refractivity contribution in [3.8, 4) is 0 Å². The Balaban J connectivity index is 1.77. The molecule has 0 spiro atoms. The summed E-state index contributed by atoms with van der Waals surface area (Å²) in [5, 5.41) is 0.529. The summed E-state index contributed by atoms with van der Waals surface area (Å²) in [5.41, 5.74) is 4.34. The second kappa shape index (κ2) is 6.02. The van der Waals surface area contributed by atoms with Gasteiger partial charge in [-0.2, -0.15) is 0 Å². The van der Waals surface area contributed by atoms with Crippen LogP contribution in [0.3, 0.4) is 0 Å². The Morgan fingerprint density at radius 3 is 1.95 bits per heavy atom. The normalized spacial score (nSPS) is 20.4. The molecule has 0 N–H and O–H groups in total. The number of hydrogen-bond donors (Lipinski definition) is 0. The van der Waals surface area contributed by atoms with Crippen molar-refractivity contribution in [3.05, 3.63) is 102 Å². The lowest BCUT2D eigenvalue weighted by Gasteiger charge is -2.31. The van der Waals surface area contributed by atoms with Crippen LogP contribution in [0.15, 0.2) is 89.8 Å². The molecule has 4 rings (SSSR count). The van der Waals surface area contributed by atoms with Crippen LogP contribution in [-0.2, 0) is 0 Å². The zero-order valence-corrected chi connectivity index (χ0v) is 13.2. The van der Waals surface area contributed by atoms with Crippen LogP contribution in [0, 0.1) is 0 Å². The number of thioether (sulfide) groups is 1. The van der Waals surface area contributed by atoms with Crippen molar-refractivity contribution in [2.24, 2.45) is 0 Å². The summed E-state index contributed by atoms with van der Waals surface area (Å²) in [6.07, 6.45) is 1.16. The number of benzene rings is 3. The van der Waals surface area contributed by atoms with E-state index in [0.29, 0.717) is 11.2 Å². The first kappa shape index (κ1) is 13.7. The van der Waals surface area contributed by atoms with Crippen LogP contribution in [0.2, 0.25) is 0 Å². The van der Waals surface area contributed by atoms with Gasteiger partial charge >= 0.3 is 0 Å². The zero-order valence-electron chi connectivity index (χ0n) is 12.4. The lowest BCUT2D eigenvalue weighted by atomic mass is 9.85. The zero-order chi connectivity index (χ0) is 14.8. The predicted octanol–water partition coefficient (Wildman–Crippen LogP) is 6.06. The van der Waals surface area contributed by atoms with E-state index >= 15 is 0 Å². The molecule has 1 aliphatic heterocycles. The molecule has 0 nitrogen and oxygen atoms in total.